The Hall–Kier alpha value is -1.12. The van der Waals surface area contributed by atoms with Crippen LogP contribution in [0.4, 0.5) is 0 Å². The van der Waals surface area contributed by atoms with E-state index in [2.05, 4.69) is 56.1 Å². The van der Waals surface area contributed by atoms with Gasteiger partial charge in [-0.15, -0.1) is 0 Å². The van der Waals surface area contributed by atoms with Crippen molar-refractivity contribution in [3.05, 3.63) is 47.0 Å². The van der Waals surface area contributed by atoms with E-state index in [1.165, 1.54) is 16.7 Å². The topological polar surface area (TPSA) is 12.5 Å². The number of likely N-dealkylation sites (N-methyl/N-ethyl adjacent to an activating group) is 1. The zero-order valence-corrected chi connectivity index (χ0v) is 11.6. The molecule has 0 spiro atoms. The first-order valence-electron chi connectivity index (χ1n) is 6.69. The van der Waals surface area contributed by atoms with E-state index in [0.29, 0.717) is 6.61 Å². The number of rotatable bonds is 3. The van der Waals surface area contributed by atoms with Gasteiger partial charge in [-0.25, -0.2) is 0 Å². The lowest BCUT2D eigenvalue weighted by Crippen LogP contribution is -2.35. The fourth-order valence-corrected chi connectivity index (χ4v) is 2.30. The lowest BCUT2D eigenvalue weighted by Gasteiger charge is -2.25. The largest absolute Gasteiger partial charge is 0.359 e. The molecule has 2 nitrogen and oxygen atoms in total. The second-order valence-corrected chi connectivity index (χ2v) is 5.27. The predicted molar refractivity (Wildman–Crippen MR) is 75.7 cm³/mol. The molecular formula is C16H23NO. The van der Waals surface area contributed by atoms with Gasteiger partial charge in [0.2, 0.25) is 0 Å². The Balaban J connectivity index is 2.04. The third-order valence-corrected chi connectivity index (χ3v) is 3.52. The van der Waals surface area contributed by atoms with Crippen molar-refractivity contribution in [3.8, 4) is 0 Å². The van der Waals surface area contributed by atoms with Crippen molar-refractivity contribution >= 4 is 0 Å². The first kappa shape index (κ1) is 13.3. The molecule has 0 saturated carbocycles. The molecule has 1 heterocycles. The Morgan fingerprint density at radius 2 is 2.06 bits per heavy atom. The molecule has 18 heavy (non-hydrogen) atoms. The van der Waals surface area contributed by atoms with Gasteiger partial charge in [0, 0.05) is 13.0 Å². The molecule has 0 amide bonds. The van der Waals surface area contributed by atoms with Crippen molar-refractivity contribution in [2.24, 2.45) is 0 Å². The van der Waals surface area contributed by atoms with E-state index in [1.807, 2.05) is 0 Å². The zero-order chi connectivity index (χ0) is 13.0. The number of ether oxygens (including phenoxy) is 1. The van der Waals surface area contributed by atoms with Crippen LogP contribution in [0.5, 0.6) is 0 Å². The Kier molecular flexibility index (Phi) is 4.56. The molecule has 1 aliphatic rings. The predicted octanol–water partition coefficient (Wildman–Crippen LogP) is 3.03. The summed E-state index contributed by atoms with van der Waals surface area (Å²) in [6.07, 6.45) is 4.45. The summed E-state index contributed by atoms with van der Waals surface area (Å²) in [6, 6.07) is 8.72. The van der Waals surface area contributed by atoms with Crippen LogP contribution in [0.15, 0.2) is 35.9 Å². The van der Waals surface area contributed by atoms with Crippen molar-refractivity contribution < 1.29 is 4.74 Å². The number of hydrogen-bond acceptors (Lipinski definition) is 2. The summed E-state index contributed by atoms with van der Waals surface area (Å²) in [6.45, 7) is 5.99. The summed E-state index contributed by atoms with van der Waals surface area (Å²) < 4.78 is 5.99. The van der Waals surface area contributed by atoms with Gasteiger partial charge < -0.3 is 4.74 Å². The molecule has 1 aliphatic heterocycles. The summed E-state index contributed by atoms with van der Waals surface area (Å²) in [5.74, 6) is 0. The highest BCUT2D eigenvalue weighted by Crippen LogP contribution is 2.19. The van der Waals surface area contributed by atoms with Crippen LogP contribution in [0, 0.1) is 0 Å². The Bertz CT molecular complexity index is 421. The van der Waals surface area contributed by atoms with E-state index in [-0.39, 0.29) is 6.23 Å². The van der Waals surface area contributed by atoms with Crippen LogP contribution in [0.3, 0.4) is 0 Å². The average molecular weight is 245 g/mol. The molecule has 0 N–H and O–H groups in total. The van der Waals surface area contributed by atoms with Crippen LogP contribution < -0.4 is 0 Å². The Labute approximate surface area is 110 Å². The van der Waals surface area contributed by atoms with E-state index in [9.17, 15) is 0 Å². The minimum atomic E-state index is 0.198. The quantitative estimate of drug-likeness (QED) is 0.759. The van der Waals surface area contributed by atoms with Gasteiger partial charge in [0.05, 0.1) is 6.61 Å². The number of benzene rings is 1. The van der Waals surface area contributed by atoms with Crippen LogP contribution in [-0.4, -0.2) is 31.3 Å². The second kappa shape index (κ2) is 6.17. The molecular weight excluding hydrogens is 222 g/mol. The van der Waals surface area contributed by atoms with E-state index in [0.717, 1.165) is 19.4 Å². The minimum absolute atomic E-state index is 0.198. The molecule has 1 aromatic rings. The van der Waals surface area contributed by atoms with Crippen molar-refractivity contribution in [1.29, 1.82) is 0 Å². The van der Waals surface area contributed by atoms with Crippen LogP contribution >= 0.6 is 0 Å². The van der Waals surface area contributed by atoms with Gasteiger partial charge in [0.15, 0.2) is 0 Å². The molecule has 0 saturated heterocycles. The fourth-order valence-electron chi connectivity index (χ4n) is 2.30. The first-order chi connectivity index (χ1) is 8.66. The first-order valence-corrected chi connectivity index (χ1v) is 6.69. The van der Waals surface area contributed by atoms with Crippen LogP contribution in [0.25, 0.3) is 0 Å². The lowest BCUT2D eigenvalue weighted by atomic mass is 10.0. The maximum Gasteiger partial charge on any atom is 0.114 e. The molecule has 1 atom stereocenters. The van der Waals surface area contributed by atoms with Crippen LogP contribution in [0.1, 0.15) is 25.0 Å². The monoisotopic (exact) mass is 245 g/mol. The van der Waals surface area contributed by atoms with Crippen LogP contribution in [-0.2, 0) is 17.6 Å². The summed E-state index contributed by atoms with van der Waals surface area (Å²) >= 11 is 0. The van der Waals surface area contributed by atoms with Gasteiger partial charge in [0.1, 0.15) is 6.23 Å². The fraction of sp³-hybridized carbons (Fsp3) is 0.500. The summed E-state index contributed by atoms with van der Waals surface area (Å²) in [5.41, 5.74) is 4.22. The lowest BCUT2D eigenvalue weighted by molar-refractivity contribution is -0.0313. The summed E-state index contributed by atoms with van der Waals surface area (Å²) in [5, 5.41) is 0. The van der Waals surface area contributed by atoms with Gasteiger partial charge in [-0.05, 0) is 38.4 Å². The molecule has 1 unspecified atom stereocenters. The van der Waals surface area contributed by atoms with Crippen molar-refractivity contribution in [3.63, 3.8) is 0 Å². The molecule has 1 aromatic carbocycles. The molecule has 0 radical (unpaired) electrons. The van der Waals surface area contributed by atoms with E-state index in [4.69, 9.17) is 4.74 Å². The number of hydrogen-bond donors (Lipinski definition) is 0. The Morgan fingerprint density at radius 1 is 1.33 bits per heavy atom. The third-order valence-electron chi connectivity index (χ3n) is 3.52. The van der Waals surface area contributed by atoms with E-state index in [1.54, 1.807) is 0 Å². The SMILES string of the molecule is CC(C)=CCOC1Cc2ccccc2CCN1C. The number of fused-ring (bicyclic) bond motifs is 1. The third kappa shape index (κ3) is 3.44. The molecule has 0 aromatic heterocycles. The summed E-state index contributed by atoms with van der Waals surface area (Å²) in [7, 11) is 2.15. The highest BCUT2D eigenvalue weighted by molar-refractivity contribution is 5.29. The minimum Gasteiger partial charge on any atom is -0.359 e. The van der Waals surface area contributed by atoms with Gasteiger partial charge in [-0.1, -0.05) is 35.9 Å². The maximum atomic E-state index is 5.99. The van der Waals surface area contributed by atoms with Gasteiger partial charge in [-0.3, -0.25) is 4.90 Å². The summed E-state index contributed by atoms with van der Waals surface area (Å²) in [4.78, 5) is 2.32. The van der Waals surface area contributed by atoms with Crippen molar-refractivity contribution in [1.82, 2.24) is 4.90 Å². The average Bonchev–Trinajstić information content (AvgIpc) is 2.50. The van der Waals surface area contributed by atoms with Gasteiger partial charge >= 0.3 is 0 Å². The zero-order valence-electron chi connectivity index (χ0n) is 11.6. The molecule has 2 rings (SSSR count). The van der Waals surface area contributed by atoms with E-state index >= 15 is 0 Å². The van der Waals surface area contributed by atoms with E-state index < -0.39 is 0 Å². The standard InChI is InChI=1S/C16H23NO/c1-13(2)9-11-18-16-12-15-7-5-4-6-14(15)8-10-17(16)3/h4-7,9,16H,8,10-12H2,1-3H3. The molecule has 98 valence electrons. The Morgan fingerprint density at radius 3 is 2.78 bits per heavy atom. The normalized spacial score (nSPS) is 20.1. The maximum absolute atomic E-state index is 5.99. The van der Waals surface area contributed by atoms with Crippen LogP contribution in [0.2, 0.25) is 0 Å². The highest BCUT2D eigenvalue weighted by Gasteiger charge is 2.20. The number of nitrogens with zero attached hydrogens (tertiary/aromatic N) is 1. The van der Waals surface area contributed by atoms with Crippen molar-refractivity contribution in [2.45, 2.75) is 32.9 Å². The smallest absolute Gasteiger partial charge is 0.114 e. The molecule has 0 bridgehead atoms. The number of allylic oxidation sites excluding steroid dienone is 1. The van der Waals surface area contributed by atoms with Gasteiger partial charge in [0.25, 0.3) is 0 Å². The second-order valence-electron chi connectivity index (χ2n) is 5.27. The van der Waals surface area contributed by atoms with Crippen molar-refractivity contribution in [2.75, 3.05) is 20.2 Å². The van der Waals surface area contributed by atoms with Gasteiger partial charge in [-0.2, -0.15) is 0 Å². The highest BCUT2D eigenvalue weighted by atomic mass is 16.5. The molecule has 0 fully saturated rings. The molecule has 2 heteroatoms. The molecule has 0 aliphatic carbocycles.